The van der Waals surface area contributed by atoms with E-state index in [0.717, 1.165) is 6.04 Å². The van der Waals surface area contributed by atoms with Crippen molar-refractivity contribution in [3.8, 4) is 0 Å². The Morgan fingerprint density at radius 3 is 2.47 bits per heavy atom. The van der Waals surface area contributed by atoms with Crippen molar-refractivity contribution in [2.24, 2.45) is 5.41 Å². The molecular formula is C16H23N. The highest BCUT2D eigenvalue weighted by Crippen LogP contribution is 2.47. The minimum Gasteiger partial charge on any atom is -0.368 e. The van der Waals surface area contributed by atoms with E-state index in [2.05, 4.69) is 42.2 Å². The Hall–Kier alpha value is -0.980. The van der Waals surface area contributed by atoms with Crippen molar-refractivity contribution in [2.75, 3.05) is 11.4 Å². The van der Waals surface area contributed by atoms with E-state index in [4.69, 9.17) is 0 Å². The zero-order chi connectivity index (χ0) is 11.7. The molecule has 1 saturated carbocycles. The van der Waals surface area contributed by atoms with Crippen molar-refractivity contribution in [1.82, 2.24) is 0 Å². The van der Waals surface area contributed by atoms with Gasteiger partial charge in [-0.3, -0.25) is 0 Å². The van der Waals surface area contributed by atoms with Crippen LogP contribution in [0.5, 0.6) is 0 Å². The summed E-state index contributed by atoms with van der Waals surface area (Å²) in [4.78, 5) is 2.63. The van der Waals surface area contributed by atoms with Crippen molar-refractivity contribution in [3.63, 3.8) is 0 Å². The molecule has 0 bridgehead atoms. The Bertz CT molecular complexity index is 364. The fourth-order valence-corrected chi connectivity index (χ4v) is 3.95. The molecule has 1 heterocycles. The first-order valence-electron chi connectivity index (χ1n) is 7.11. The third kappa shape index (κ3) is 2.08. The van der Waals surface area contributed by atoms with Gasteiger partial charge in [0.25, 0.3) is 0 Å². The standard InChI is InChI=1S/C16H23N/c1-14-12-16(10-6-3-7-11-16)13-17(14)15-8-4-2-5-9-15/h2,4-5,8-9,14H,3,6-7,10-13H2,1H3. The fraction of sp³-hybridized carbons (Fsp3) is 0.625. The van der Waals surface area contributed by atoms with E-state index in [-0.39, 0.29) is 0 Å². The molecule has 1 atom stereocenters. The molecule has 1 aromatic rings. The lowest BCUT2D eigenvalue weighted by Gasteiger charge is -2.33. The van der Waals surface area contributed by atoms with E-state index in [1.807, 2.05) is 0 Å². The smallest absolute Gasteiger partial charge is 0.0368 e. The first-order valence-corrected chi connectivity index (χ1v) is 7.11. The van der Waals surface area contributed by atoms with Crippen LogP contribution in [0.15, 0.2) is 30.3 Å². The molecule has 0 radical (unpaired) electrons. The third-order valence-corrected chi connectivity index (χ3v) is 4.77. The lowest BCUT2D eigenvalue weighted by atomic mass is 9.73. The summed E-state index contributed by atoms with van der Waals surface area (Å²) in [5.74, 6) is 0. The number of hydrogen-bond acceptors (Lipinski definition) is 1. The molecule has 0 amide bonds. The zero-order valence-electron chi connectivity index (χ0n) is 10.9. The monoisotopic (exact) mass is 229 g/mol. The summed E-state index contributed by atoms with van der Waals surface area (Å²) in [6.45, 7) is 3.69. The summed E-state index contributed by atoms with van der Waals surface area (Å²) in [7, 11) is 0. The molecule has 1 spiro atoms. The van der Waals surface area contributed by atoms with Crippen LogP contribution in [0.1, 0.15) is 45.4 Å². The van der Waals surface area contributed by atoms with Gasteiger partial charge in [0.05, 0.1) is 0 Å². The predicted molar refractivity (Wildman–Crippen MR) is 73.4 cm³/mol. The Morgan fingerprint density at radius 2 is 1.76 bits per heavy atom. The second-order valence-corrected chi connectivity index (χ2v) is 6.08. The van der Waals surface area contributed by atoms with Crippen LogP contribution in [0.2, 0.25) is 0 Å². The Labute approximate surface area is 105 Å². The molecule has 1 nitrogen and oxygen atoms in total. The summed E-state index contributed by atoms with van der Waals surface area (Å²) in [5, 5.41) is 0. The maximum absolute atomic E-state index is 2.63. The zero-order valence-corrected chi connectivity index (χ0v) is 10.9. The van der Waals surface area contributed by atoms with Crippen LogP contribution in [-0.4, -0.2) is 12.6 Å². The molecule has 1 aromatic carbocycles. The van der Waals surface area contributed by atoms with Gasteiger partial charge in [0.2, 0.25) is 0 Å². The summed E-state index contributed by atoms with van der Waals surface area (Å²) in [5.41, 5.74) is 2.07. The Morgan fingerprint density at radius 1 is 1.06 bits per heavy atom. The SMILES string of the molecule is CC1CC2(CCCCC2)CN1c1ccccc1. The highest BCUT2D eigenvalue weighted by Gasteiger charge is 2.42. The van der Waals surface area contributed by atoms with Gasteiger partial charge in [-0.15, -0.1) is 0 Å². The highest BCUT2D eigenvalue weighted by atomic mass is 15.2. The molecule has 2 aliphatic rings. The maximum Gasteiger partial charge on any atom is 0.0368 e. The summed E-state index contributed by atoms with van der Waals surface area (Å²) in [6, 6.07) is 11.7. The lowest BCUT2D eigenvalue weighted by molar-refractivity contribution is 0.214. The number of hydrogen-bond donors (Lipinski definition) is 0. The summed E-state index contributed by atoms with van der Waals surface area (Å²) >= 11 is 0. The van der Waals surface area contributed by atoms with Gasteiger partial charge in [-0.25, -0.2) is 0 Å². The van der Waals surface area contributed by atoms with Crippen LogP contribution in [-0.2, 0) is 0 Å². The molecule has 3 rings (SSSR count). The van der Waals surface area contributed by atoms with Crippen molar-refractivity contribution in [1.29, 1.82) is 0 Å². The van der Waals surface area contributed by atoms with Crippen LogP contribution in [0.25, 0.3) is 0 Å². The molecule has 17 heavy (non-hydrogen) atoms. The quantitative estimate of drug-likeness (QED) is 0.696. The first-order chi connectivity index (χ1) is 8.29. The van der Waals surface area contributed by atoms with E-state index >= 15 is 0 Å². The molecule has 92 valence electrons. The van der Waals surface area contributed by atoms with Crippen molar-refractivity contribution < 1.29 is 0 Å². The molecule has 1 aliphatic carbocycles. The maximum atomic E-state index is 2.63. The van der Waals surface area contributed by atoms with Gasteiger partial charge in [-0.1, -0.05) is 37.5 Å². The van der Waals surface area contributed by atoms with E-state index < -0.39 is 0 Å². The van der Waals surface area contributed by atoms with Crippen LogP contribution in [0, 0.1) is 5.41 Å². The first kappa shape index (κ1) is 11.1. The predicted octanol–water partition coefficient (Wildman–Crippen LogP) is 4.24. The number of para-hydroxylation sites is 1. The number of rotatable bonds is 1. The molecule has 1 unspecified atom stereocenters. The van der Waals surface area contributed by atoms with Crippen LogP contribution >= 0.6 is 0 Å². The normalized spacial score (nSPS) is 27.6. The average molecular weight is 229 g/mol. The average Bonchev–Trinajstić information content (AvgIpc) is 2.68. The Kier molecular flexibility index (Phi) is 2.85. The molecule has 2 fully saturated rings. The van der Waals surface area contributed by atoms with Gasteiger partial charge in [0, 0.05) is 18.3 Å². The van der Waals surface area contributed by atoms with Crippen LogP contribution < -0.4 is 4.90 Å². The largest absolute Gasteiger partial charge is 0.368 e. The van der Waals surface area contributed by atoms with Gasteiger partial charge < -0.3 is 4.90 Å². The summed E-state index contributed by atoms with van der Waals surface area (Å²) in [6.07, 6.45) is 8.69. The number of nitrogens with zero attached hydrogens (tertiary/aromatic N) is 1. The van der Waals surface area contributed by atoms with Gasteiger partial charge in [-0.2, -0.15) is 0 Å². The second kappa shape index (κ2) is 4.36. The van der Waals surface area contributed by atoms with E-state index in [9.17, 15) is 0 Å². The van der Waals surface area contributed by atoms with E-state index in [0.29, 0.717) is 5.41 Å². The molecule has 1 saturated heterocycles. The van der Waals surface area contributed by atoms with Gasteiger partial charge in [0.15, 0.2) is 0 Å². The fourth-order valence-electron chi connectivity index (χ4n) is 3.95. The number of benzene rings is 1. The van der Waals surface area contributed by atoms with Crippen LogP contribution in [0.4, 0.5) is 5.69 Å². The second-order valence-electron chi connectivity index (χ2n) is 6.08. The van der Waals surface area contributed by atoms with Crippen molar-refractivity contribution in [3.05, 3.63) is 30.3 Å². The molecule has 1 heteroatoms. The molecule has 0 N–H and O–H groups in total. The highest BCUT2D eigenvalue weighted by molar-refractivity contribution is 5.48. The van der Waals surface area contributed by atoms with Gasteiger partial charge >= 0.3 is 0 Å². The third-order valence-electron chi connectivity index (χ3n) is 4.77. The van der Waals surface area contributed by atoms with E-state index in [1.54, 1.807) is 0 Å². The van der Waals surface area contributed by atoms with Crippen molar-refractivity contribution in [2.45, 2.75) is 51.5 Å². The Balaban J connectivity index is 1.80. The van der Waals surface area contributed by atoms with Crippen LogP contribution in [0.3, 0.4) is 0 Å². The van der Waals surface area contributed by atoms with Crippen molar-refractivity contribution >= 4 is 5.69 Å². The number of anilines is 1. The van der Waals surface area contributed by atoms with Gasteiger partial charge in [0.1, 0.15) is 0 Å². The topological polar surface area (TPSA) is 3.24 Å². The molecule has 1 aliphatic heterocycles. The van der Waals surface area contributed by atoms with E-state index in [1.165, 1.54) is 50.8 Å². The lowest BCUT2D eigenvalue weighted by Crippen LogP contribution is -2.30. The minimum absolute atomic E-state index is 0.646. The molecular weight excluding hydrogens is 206 g/mol. The molecule has 0 aromatic heterocycles. The van der Waals surface area contributed by atoms with Gasteiger partial charge in [-0.05, 0) is 43.7 Å². The summed E-state index contributed by atoms with van der Waals surface area (Å²) < 4.78 is 0. The minimum atomic E-state index is 0.646.